The molecule has 1 heterocycles. The van der Waals surface area contributed by atoms with E-state index in [1.165, 1.54) is 31.5 Å². The molecule has 2 unspecified atom stereocenters. The van der Waals surface area contributed by atoms with Gasteiger partial charge < -0.3 is 15.5 Å². The summed E-state index contributed by atoms with van der Waals surface area (Å²) in [6.07, 6.45) is 2.48. The van der Waals surface area contributed by atoms with Crippen molar-refractivity contribution >= 4 is 0 Å². The van der Waals surface area contributed by atoms with E-state index >= 15 is 0 Å². The molecule has 1 saturated heterocycles. The van der Waals surface area contributed by atoms with Crippen molar-refractivity contribution in [3.8, 4) is 0 Å². The van der Waals surface area contributed by atoms with Crippen molar-refractivity contribution in [3.63, 3.8) is 0 Å². The molecule has 0 bridgehead atoms. The molecule has 0 radical (unpaired) electrons. The summed E-state index contributed by atoms with van der Waals surface area (Å²) in [6.45, 7) is 3.10. The number of likely N-dealkylation sites (tertiary alicyclic amines) is 1. The Bertz CT molecular complexity index is 393. The Kier molecular flexibility index (Phi) is 4.91. The van der Waals surface area contributed by atoms with Crippen LogP contribution in [-0.2, 0) is 0 Å². The minimum atomic E-state index is -0.210. The largest absolute Gasteiger partial charge is 0.323 e. The van der Waals surface area contributed by atoms with Crippen LogP contribution in [0.3, 0.4) is 0 Å². The molecule has 0 spiro atoms. The van der Waals surface area contributed by atoms with Gasteiger partial charge in [0.25, 0.3) is 0 Å². The first-order valence-electron chi connectivity index (χ1n) is 6.96. The number of hydrogen-bond acceptors (Lipinski definition) is 3. The maximum absolute atomic E-state index is 12.9. The molecule has 0 amide bonds. The first-order valence-corrected chi connectivity index (χ1v) is 6.96. The van der Waals surface area contributed by atoms with E-state index < -0.39 is 0 Å². The van der Waals surface area contributed by atoms with Crippen molar-refractivity contribution in [2.24, 2.45) is 5.73 Å². The highest BCUT2D eigenvalue weighted by molar-refractivity contribution is 5.19. The number of likely N-dealkylation sites (N-methyl/N-ethyl adjacent to an activating group) is 2. The second-order valence-corrected chi connectivity index (χ2v) is 5.66. The van der Waals surface area contributed by atoms with Crippen LogP contribution in [-0.4, -0.2) is 49.6 Å². The predicted octanol–water partition coefficient (Wildman–Crippen LogP) is 1.85. The van der Waals surface area contributed by atoms with Crippen LogP contribution >= 0.6 is 0 Å². The lowest BCUT2D eigenvalue weighted by atomic mass is 10.0. The van der Waals surface area contributed by atoms with Crippen LogP contribution in [0.5, 0.6) is 0 Å². The lowest BCUT2D eigenvalue weighted by Gasteiger charge is -2.37. The summed E-state index contributed by atoms with van der Waals surface area (Å²) in [5, 5.41) is 0. The summed E-state index contributed by atoms with van der Waals surface area (Å²) in [5.74, 6) is -0.210. The van der Waals surface area contributed by atoms with Gasteiger partial charge in [-0.1, -0.05) is 12.1 Å². The number of halogens is 1. The molecular weight excluding hydrogens is 241 g/mol. The van der Waals surface area contributed by atoms with Gasteiger partial charge in [-0.25, -0.2) is 4.39 Å². The monoisotopic (exact) mass is 265 g/mol. The number of benzene rings is 1. The second kappa shape index (κ2) is 6.46. The molecule has 19 heavy (non-hydrogen) atoms. The highest BCUT2D eigenvalue weighted by Gasteiger charge is 2.22. The van der Waals surface area contributed by atoms with E-state index in [-0.39, 0.29) is 11.9 Å². The Morgan fingerprint density at radius 3 is 2.74 bits per heavy atom. The highest BCUT2D eigenvalue weighted by atomic mass is 19.1. The van der Waals surface area contributed by atoms with Crippen molar-refractivity contribution < 1.29 is 4.39 Å². The summed E-state index contributed by atoms with van der Waals surface area (Å²) in [6, 6.07) is 7.03. The zero-order valence-electron chi connectivity index (χ0n) is 11.8. The number of hydrogen-bond donors (Lipinski definition) is 1. The van der Waals surface area contributed by atoms with Crippen molar-refractivity contribution in [1.29, 1.82) is 0 Å². The van der Waals surface area contributed by atoms with Gasteiger partial charge in [-0.3, -0.25) is 0 Å². The highest BCUT2D eigenvalue weighted by Crippen LogP contribution is 2.17. The number of nitrogens with two attached hydrogens (primary N) is 1. The van der Waals surface area contributed by atoms with E-state index in [2.05, 4.69) is 23.9 Å². The second-order valence-electron chi connectivity index (χ2n) is 5.66. The van der Waals surface area contributed by atoms with Gasteiger partial charge in [0.2, 0.25) is 0 Å². The van der Waals surface area contributed by atoms with Crippen molar-refractivity contribution in [2.75, 3.05) is 33.7 Å². The third-order valence-corrected chi connectivity index (χ3v) is 4.01. The predicted molar refractivity (Wildman–Crippen MR) is 76.5 cm³/mol. The normalized spacial score (nSPS) is 22.7. The molecule has 1 aromatic rings. The summed E-state index contributed by atoms with van der Waals surface area (Å²) >= 11 is 0. The van der Waals surface area contributed by atoms with Gasteiger partial charge in [-0.2, -0.15) is 0 Å². The van der Waals surface area contributed by atoms with E-state index in [1.807, 2.05) is 0 Å². The molecule has 2 atom stereocenters. The maximum Gasteiger partial charge on any atom is 0.123 e. The summed E-state index contributed by atoms with van der Waals surface area (Å²) < 4.78 is 12.9. The summed E-state index contributed by atoms with van der Waals surface area (Å²) in [4.78, 5) is 4.71. The third-order valence-electron chi connectivity index (χ3n) is 4.01. The van der Waals surface area contributed by atoms with E-state index in [0.717, 1.165) is 18.7 Å². The van der Waals surface area contributed by atoms with E-state index in [0.29, 0.717) is 6.04 Å². The molecule has 0 saturated carbocycles. The lowest BCUT2D eigenvalue weighted by molar-refractivity contribution is 0.129. The van der Waals surface area contributed by atoms with Crippen molar-refractivity contribution in [3.05, 3.63) is 35.6 Å². The Morgan fingerprint density at radius 2 is 2.11 bits per heavy atom. The van der Waals surface area contributed by atoms with Crippen LogP contribution in [0.4, 0.5) is 4.39 Å². The number of nitrogens with zero attached hydrogens (tertiary/aromatic N) is 2. The SMILES string of the molecule is CN1CCCC(N(C)CC(N)c2ccc(F)cc2)C1. The molecule has 1 aliphatic rings. The van der Waals surface area contributed by atoms with E-state index in [4.69, 9.17) is 5.73 Å². The van der Waals surface area contributed by atoms with Crippen LogP contribution in [0, 0.1) is 5.82 Å². The van der Waals surface area contributed by atoms with Gasteiger partial charge in [0.1, 0.15) is 5.82 Å². The van der Waals surface area contributed by atoms with Crippen molar-refractivity contribution in [1.82, 2.24) is 9.80 Å². The number of rotatable bonds is 4. The van der Waals surface area contributed by atoms with Gasteiger partial charge in [0.15, 0.2) is 0 Å². The molecule has 0 aliphatic carbocycles. The van der Waals surface area contributed by atoms with Gasteiger partial charge >= 0.3 is 0 Å². The Hall–Kier alpha value is -0.970. The molecule has 1 fully saturated rings. The zero-order chi connectivity index (χ0) is 13.8. The van der Waals surface area contributed by atoms with Gasteiger partial charge in [0.05, 0.1) is 0 Å². The van der Waals surface area contributed by atoms with Gasteiger partial charge in [0, 0.05) is 25.2 Å². The summed E-state index contributed by atoms with van der Waals surface area (Å²) in [7, 11) is 4.30. The molecule has 0 aromatic heterocycles. The smallest absolute Gasteiger partial charge is 0.123 e. The molecule has 2 N–H and O–H groups in total. The first-order chi connectivity index (χ1) is 9.06. The Balaban J connectivity index is 1.90. The minimum absolute atomic E-state index is 0.0576. The van der Waals surface area contributed by atoms with Gasteiger partial charge in [-0.15, -0.1) is 0 Å². The molecular formula is C15H24FN3. The quantitative estimate of drug-likeness (QED) is 0.902. The minimum Gasteiger partial charge on any atom is -0.323 e. The van der Waals surface area contributed by atoms with Crippen molar-refractivity contribution in [2.45, 2.75) is 24.9 Å². The summed E-state index contributed by atoms with van der Waals surface area (Å²) in [5.41, 5.74) is 7.21. The standard InChI is InChI=1S/C15H24FN3/c1-18-9-3-4-14(10-18)19(2)11-15(17)12-5-7-13(16)8-6-12/h5-8,14-15H,3-4,9-11,17H2,1-2H3. The average molecular weight is 265 g/mol. The molecule has 1 aliphatic heterocycles. The van der Waals surface area contributed by atoms with Crippen LogP contribution in [0.1, 0.15) is 24.4 Å². The fourth-order valence-electron chi connectivity index (χ4n) is 2.77. The zero-order valence-corrected chi connectivity index (χ0v) is 11.8. The topological polar surface area (TPSA) is 32.5 Å². The Morgan fingerprint density at radius 1 is 1.42 bits per heavy atom. The maximum atomic E-state index is 12.9. The van der Waals surface area contributed by atoms with E-state index in [1.54, 1.807) is 12.1 Å². The molecule has 106 valence electrons. The van der Waals surface area contributed by atoms with Crippen LogP contribution in [0.25, 0.3) is 0 Å². The molecule has 2 rings (SSSR count). The molecule has 4 heteroatoms. The third kappa shape index (κ3) is 4.00. The van der Waals surface area contributed by atoms with Crippen LogP contribution < -0.4 is 5.73 Å². The van der Waals surface area contributed by atoms with Crippen LogP contribution in [0.15, 0.2) is 24.3 Å². The average Bonchev–Trinajstić information content (AvgIpc) is 2.39. The number of piperidine rings is 1. The fraction of sp³-hybridized carbons (Fsp3) is 0.600. The molecule has 3 nitrogen and oxygen atoms in total. The molecule has 1 aromatic carbocycles. The van der Waals surface area contributed by atoms with Crippen LogP contribution in [0.2, 0.25) is 0 Å². The fourth-order valence-corrected chi connectivity index (χ4v) is 2.77. The first kappa shape index (κ1) is 14.4. The lowest BCUT2D eigenvalue weighted by Crippen LogP contribution is -2.46. The Labute approximate surface area is 115 Å². The van der Waals surface area contributed by atoms with Gasteiger partial charge in [-0.05, 0) is 51.2 Å². The van der Waals surface area contributed by atoms with E-state index in [9.17, 15) is 4.39 Å².